The van der Waals surface area contributed by atoms with Crippen LogP contribution >= 0.6 is 15.9 Å². The Kier molecular flexibility index (Phi) is 5.54. The van der Waals surface area contributed by atoms with Gasteiger partial charge in [-0.3, -0.25) is 34.3 Å². The van der Waals surface area contributed by atoms with Crippen molar-refractivity contribution in [1.29, 1.82) is 0 Å². The van der Waals surface area contributed by atoms with Crippen LogP contribution in [-0.2, 0) is 0 Å². The van der Waals surface area contributed by atoms with E-state index in [0.717, 1.165) is 21.9 Å². The molecule has 0 aliphatic carbocycles. The minimum Gasteiger partial charge on any atom is -0.290 e. The van der Waals surface area contributed by atoms with Crippen LogP contribution in [0.2, 0.25) is 0 Å². The summed E-state index contributed by atoms with van der Waals surface area (Å²) in [6.45, 7) is -0.425. The Morgan fingerprint density at radius 3 is 2.22 bits per heavy atom. The third-order valence-electron chi connectivity index (χ3n) is 4.92. The van der Waals surface area contributed by atoms with Gasteiger partial charge in [0, 0.05) is 27.9 Å². The highest BCUT2D eigenvalue weighted by molar-refractivity contribution is 9.10. The first kappa shape index (κ1) is 21.3. The number of carbonyl (C=O) groups is 3. The van der Waals surface area contributed by atoms with Gasteiger partial charge < -0.3 is 0 Å². The molecule has 0 unspecified atom stereocenters. The minimum absolute atomic E-state index is 0.0966. The molecule has 0 saturated carbocycles. The molecule has 4 rings (SSSR count). The normalized spacial score (nSPS) is 12.6. The number of non-ortho nitro benzene ring substituents is 1. The van der Waals surface area contributed by atoms with Crippen molar-refractivity contribution in [3.63, 3.8) is 0 Å². The van der Waals surface area contributed by atoms with Gasteiger partial charge in [0.15, 0.2) is 0 Å². The average molecular weight is 498 g/mol. The quantitative estimate of drug-likeness (QED) is 0.295. The van der Waals surface area contributed by atoms with Crippen LogP contribution in [0.5, 0.6) is 0 Å². The van der Waals surface area contributed by atoms with Crippen molar-refractivity contribution in [2.45, 2.75) is 0 Å². The van der Waals surface area contributed by atoms with Crippen molar-refractivity contribution < 1.29 is 23.7 Å². The fraction of sp³-hybridized carbons (Fsp3) is 0.0455. The fourth-order valence-electron chi connectivity index (χ4n) is 3.30. The summed E-state index contributed by atoms with van der Waals surface area (Å²) in [5.74, 6) is -2.29. The van der Waals surface area contributed by atoms with Crippen molar-refractivity contribution in [3.05, 3.63) is 104 Å². The van der Waals surface area contributed by atoms with Gasteiger partial charge in [-0.1, -0.05) is 15.9 Å². The fourth-order valence-corrected chi connectivity index (χ4v) is 3.66. The van der Waals surface area contributed by atoms with Crippen LogP contribution < -0.4 is 4.90 Å². The number of nitrogens with zero attached hydrogens (tertiary/aromatic N) is 3. The number of imide groups is 1. The molecule has 160 valence electrons. The summed E-state index contributed by atoms with van der Waals surface area (Å²) in [5, 5.41) is 10.9. The van der Waals surface area contributed by atoms with Gasteiger partial charge in [-0.2, -0.15) is 0 Å². The van der Waals surface area contributed by atoms with Gasteiger partial charge in [-0.25, -0.2) is 4.39 Å². The van der Waals surface area contributed by atoms with Crippen molar-refractivity contribution in [2.24, 2.45) is 0 Å². The smallest absolute Gasteiger partial charge is 0.269 e. The number of benzene rings is 3. The molecule has 10 heteroatoms. The lowest BCUT2D eigenvalue weighted by Crippen LogP contribution is -2.44. The standard InChI is InChI=1S/C22H13BrFN3O5/c23-14-3-10-18-19(11-14)22(30)26(21(18)29)12-25(16-8-4-15(24)5-9-16)20(28)13-1-6-17(7-2-13)27(31)32/h1-11H,12H2. The Bertz CT molecular complexity index is 1260. The molecule has 0 radical (unpaired) electrons. The third-order valence-corrected chi connectivity index (χ3v) is 5.42. The predicted molar refractivity (Wildman–Crippen MR) is 116 cm³/mol. The molecule has 3 aromatic carbocycles. The number of fused-ring (bicyclic) bond motifs is 1. The Morgan fingerprint density at radius 2 is 1.59 bits per heavy atom. The summed E-state index contributed by atoms with van der Waals surface area (Å²) in [6.07, 6.45) is 0. The summed E-state index contributed by atoms with van der Waals surface area (Å²) in [6, 6.07) is 14.5. The molecule has 0 N–H and O–H groups in total. The maximum atomic E-state index is 13.4. The van der Waals surface area contributed by atoms with Gasteiger partial charge in [0.25, 0.3) is 23.4 Å². The van der Waals surface area contributed by atoms with Gasteiger partial charge in [-0.15, -0.1) is 0 Å². The van der Waals surface area contributed by atoms with Gasteiger partial charge >= 0.3 is 0 Å². The van der Waals surface area contributed by atoms with E-state index in [4.69, 9.17) is 0 Å². The first-order valence-corrected chi connectivity index (χ1v) is 10.0. The SMILES string of the molecule is O=C1c2ccc(Br)cc2C(=O)N1CN(C(=O)c1ccc([N+](=O)[O-])cc1)c1ccc(F)cc1. The monoisotopic (exact) mass is 497 g/mol. The molecule has 0 saturated heterocycles. The lowest BCUT2D eigenvalue weighted by Gasteiger charge is -2.27. The Balaban J connectivity index is 1.70. The highest BCUT2D eigenvalue weighted by Gasteiger charge is 2.37. The van der Waals surface area contributed by atoms with E-state index >= 15 is 0 Å². The maximum absolute atomic E-state index is 13.4. The zero-order chi connectivity index (χ0) is 23.0. The Morgan fingerprint density at radius 1 is 0.969 bits per heavy atom. The Labute approximate surface area is 189 Å². The summed E-state index contributed by atoms with van der Waals surface area (Å²) in [4.78, 5) is 51.3. The molecule has 32 heavy (non-hydrogen) atoms. The number of carbonyl (C=O) groups excluding carboxylic acids is 3. The van der Waals surface area contributed by atoms with Crippen molar-refractivity contribution in [2.75, 3.05) is 11.6 Å². The van der Waals surface area contributed by atoms with Gasteiger partial charge in [0.05, 0.1) is 16.1 Å². The number of halogens is 2. The van der Waals surface area contributed by atoms with E-state index in [1.807, 2.05) is 0 Å². The van der Waals surface area contributed by atoms with Crippen LogP contribution in [0.25, 0.3) is 0 Å². The summed E-state index contributed by atoms with van der Waals surface area (Å²) < 4.78 is 14.1. The zero-order valence-corrected chi connectivity index (χ0v) is 17.8. The number of rotatable bonds is 5. The molecule has 1 aliphatic rings. The van der Waals surface area contributed by atoms with E-state index in [0.29, 0.717) is 4.47 Å². The first-order chi connectivity index (χ1) is 15.3. The largest absolute Gasteiger partial charge is 0.290 e. The lowest BCUT2D eigenvalue weighted by molar-refractivity contribution is -0.384. The van der Waals surface area contributed by atoms with E-state index in [2.05, 4.69) is 15.9 Å². The van der Waals surface area contributed by atoms with E-state index < -0.39 is 35.1 Å². The molecule has 8 nitrogen and oxygen atoms in total. The van der Waals surface area contributed by atoms with Crippen molar-refractivity contribution >= 4 is 45.0 Å². The van der Waals surface area contributed by atoms with Gasteiger partial charge in [0.1, 0.15) is 12.5 Å². The van der Waals surface area contributed by atoms with Gasteiger partial charge in [0.2, 0.25) is 0 Å². The highest BCUT2D eigenvalue weighted by Crippen LogP contribution is 2.28. The van der Waals surface area contributed by atoms with Gasteiger partial charge in [-0.05, 0) is 54.6 Å². The van der Waals surface area contributed by atoms with Crippen molar-refractivity contribution in [3.8, 4) is 0 Å². The second-order valence-electron chi connectivity index (χ2n) is 6.88. The Hall–Kier alpha value is -3.92. The summed E-state index contributed by atoms with van der Waals surface area (Å²) in [5.41, 5.74) is 0.554. The first-order valence-electron chi connectivity index (χ1n) is 9.24. The highest BCUT2D eigenvalue weighted by atomic mass is 79.9. The topological polar surface area (TPSA) is 101 Å². The molecule has 0 spiro atoms. The molecule has 0 aromatic heterocycles. The van der Waals surface area contributed by atoms with Crippen LogP contribution in [0, 0.1) is 15.9 Å². The third kappa shape index (κ3) is 3.87. The van der Waals surface area contributed by atoms with Crippen LogP contribution in [0.1, 0.15) is 31.1 Å². The molecular formula is C22H13BrFN3O5. The number of amides is 3. The number of hydrogen-bond donors (Lipinski definition) is 0. The molecule has 3 aromatic rings. The maximum Gasteiger partial charge on any atom is 0.269 e. The van der Waals surface area contributed by atoms with E-state index in [-0.39, 0.29) is 28.1 Å². The number of nitro groups is 1. The number of anilines is 1. The predicted octanol–water partition coefficient (Wildman–Crippen LogP) is 4.40. The minimum atomic E-state index is -0.621. The molecular weight excluding hydrogens is 485 g/mol. The molecule has 0 bridgehead atoms. The number of hydrogen-bond acceptors (Lipinski definition) is 5. The molecule has 0 fully saturated rings. The molecule has 1 heterocycles. The number of nitro benzene ring substituents is 1. The molecule has 0 atom stereocenters. The van der Waals surface area contributed by atoms with Crippen LogP contribution in [0.15, 0.2) is 71.2 Å². The van der Waals surface area contributed by atoms with Crippen LogP contribution in [-0.4, -0.2) is 34.2 Å². The summed E-state index contributed by atoms with van der Waals surface area (Å²) >= 11 is 3.27. The molecule has 3 amide bonds. The second-order valence-corrected chi connectivity index (χ2v) is 7.80. The average Bonchev–Trinajstić information content (AvgIpc) is 3.01. The van der Waals surface area contributed by atoms with E-state index in [1.165, 1.54) is 48.5 Å². The lowest BCUT2D eigenvalue weighted by atomic mass is 10.1. The zero-order valence-electron chi connectivity index (χ0n) is 16.2. The van der Waals surface area contributed by atoms with E-state index in [9.17, 15) is 28.9 Å². The van der Waals surface area contributed by atoms with Crippen molar-refractivity contribution in [1.82, 2.24) is 4.90 Å². The van der Waals surface area contributed by atoms with E-state index in [1.54, 1.807) is 6.07 Å². The van der Waals surface area contributed by atoms with Crippen LogP contribution in [0.3, 0.4) is 0 Å². The second kappa shape index (κ2) is 8.31. The van der Waals surface area contributed by atoms with Crippen LogP contribution in [0.4, 0.5) is 15.8 Å². The summed E-state index contributed by atoms with van der Waals surface area (Å²) in [7, 11) is 0. The molecule has 1 aliphatic heterocycles.